The van der Waals surface area contributed by atoms with Gasteiger partial charge in [-0.25, -0.2) is 0 Å². The minimum atomic E-state index is 0.185. The van der Waals surface area contributed by atoms with Crippen molar-refractivity contribution in [1.29, 1.82) is 0 Å². The predicted molar refractivity (Wildman–Crippen MR) is 94.5 cm³/mol. The number of nitrogens with zero attached hydrogens (tertiary/aromatic N) is 2. The molecule has 2 unspecified atom stereocenters. The minimum Gasteiger partial charge on any atom is -0.368 e. The third kappa shape index (κ3) is 5.50. The lowest BCUT2D eigenvalue weighted by molar-refractivity contribution is 0.372. The van der Waals surface area contributed by atoms with Crippen molar-refractivity contribution < 1.29 is 0 Å². The Kier molecular flexibility index (Phi) is 7.50. The topological polar surface area (TPSA) is 32.5 Å². The van der Waals surface area contributed by atoms with Gasteiger partial charge in [-0.1, -0.05) is 18.5 Å². The number of hydrogen-bond acceptors (Lipinski definition) is 3. The van der Waals surface area contributed by atoms with Gasteiger partial charge < -0.3 is 15.5 Å². The molecule has 1 aromatic rings. The van der Waals surface area contributed by atoms with Gasteiger partial charge >= 0.3 is 0 Å². The van der Waals surface area contributed by atoms with Crippen molar-refractivity contribution in [2.75, 3.05) is 32.1 Å². The van der Waals surface area contributed by atoms with Crippen LogP contribution in [0.3, 0.4) is 0 Å². The minimum absolute atomic E-state index is 0.185. The molecular weight excluding hydrogens is 282 g/mol. The third-order valence-corrected chi connectivity index (χ3v) is 4.09. The summed E-state index contributed by atoms with van der Waals surface area (Å²) in [4.78, 5) is 4.66. The van der Waals surface area contributed by atoms with Gasteiger partial charge in [-0.15, -0.1) is 0 Å². The van der Waals surface area contributed by atoms with E-state index in [1.807, 2.05) is 6.07 Å². The fourth-order valence-corrected chi connectivity index (χ4v) is 2.97. The largest absolute Gasteiger partial charge is 0.368 e. The van der Waals surface area contributed by atoms with E-state index in [0.717, 1.165) is 31.0 Å². The average Bonchev–Trinajstić information content (AvgIpc) is 2.40. The first-order chi connectivity index (χ1) is 9.88. The highest BCUT2D eigenvalue weighted by molar-refractivity contribution is 6.30. The number of benzene rings is 1. The van der Waals surface area contributed by atoms with E-state index in [0.29, 0.717) is 6.04 Å². The Morgan fingerprint density at radius 3 is 2.43 bits per heavy atom. The third-order valence-electron chi connectivity index (χ3n) is 3.86. The van der Waals surface area contributed by atoms with Gasteiger partial charge in [-0.3, -0.25) is 0 Å². The summed E-state index contributed by atoms with van der Waals surface area (Å²) in [6.07, 6.45) is 1.85. The molecule has 0 saturated carbocycles. The van der Waals surface area contributed by atoms with Gasteiger partial charge in [0.15, 0.2) is 0 Å². The fraction of sp³-hybridized carbons (Fsp3) is 0.647. The molecule has 1 rings (SSSR count). The highest BCUT2D eigenvalue weighted by atomic mass is 35.5. The molecule has 0 radical (unpaired) electrons. The molecular formula is C17H30ClN3. The smallest absolute Gasteiger partial charge is 0.0410 e. The molecule has 4 heteroatoms. The van der Waals surface area contributed by atoms with E-state index in [9.17, 15) is 0 Å². The molecule has 0 aliphatic carbocycles. The number of likely N-dealkylation sites (N-methyl/N-ethyl adjacent to an activating group) is 2. The Balaban J connectivity index is 3.07. The normalized spacial score (nSPS) is 14.3. The van der Waals surface area contributed by atoms with Crippen molar-refractivity contribution in [2.24, 2.45) is 5.73 Å². The highest BCUT2D eigenvalue weighted by Gasteiger charge is 2.18. The lowest BCUT2D eigenvalue weighted by Crippen LogP contribution is -2.40. The first kappa shape index (κ1) is 18.3. The first-order valence-electron chi connectivity index (χ1n) is 7.84. The van der Waals surface area contributed by atoms with E-state index in [1.54, 1.807) is 0 Å². The maximum Gasteiger partial charge on any atom is 0.0410 e. The zero-order valence-electron chi connectivity index (χ0n) is 14.1. The molecule has 0 amide bonds. The second-order valence-electron chi connectivity index (χ2n) is 6.04. The van der Waals surface area contributed by atoms with Crippen LogP contribution in [-0.4, -0.2) is 44.2 Å². The van der Waals surface area contributed by atoms with Crippen LogP contribution >= 0.6 is 11.6 Å². The zero-order chi connectivity index (χ0) is 16.0. The summed E-state index contributed by atoms with van der Waals surface area (Å²) in [5.41, 5.74) is 8.67. The van der Waals surface area contributed by atoms with Gasteiger partial charge in [0.05, 0.1) is 0 Å². The van der Waals surface area contributed by atoms with Crippen LogP contribution in [0.2, 0.25) is 5.02 Å². The summed E-state index contributed by atoms with van der Waals surface area (Å²) >= 11 is 6.19. The number of anilines is 1. The Labute approximate surface area is 135 Å². The van der Waals surface area contributed by atoms with E-state index in [4.69, 9.17) is 17.3 Å². The van der Waals surface area contributed by atoms with Crippen LogP contribution < -0.4 is 10.6 Å². The van der Waals surface area contributed by atoms with Gasteiger partial charge in [0.25, 0.3) is 0 Å². The highest BCUT2D eigenvalue weighted by Crippen LogP contribution is 2.27. The van der Waals surface area contributed by atoms with Crippen LogP contribution in [0.1, 0.15) is 32.8 Å². The summed E-state index contributed by atoms with van der Waals surface area (Å²) in [7, 11) is 4.22. The van der Waals surface area contributed by atoms with Crippen LogP contribution in [0, 0.1) is 0 Å². The predicted octanol–water partition coefficient (Wildman–Crippen LogP) is 3.40. The Morgan fingerprint density at radius 2 is 1.90 bits per heavy atom. The number of halogens is 1. The number of hydrogen-bond donors (Lipinski definition) is 1. The van der Waals surface area contributed by atoms with Crippen LogP contribution in [0.25, 0.3) is 0 Å². The van der Waals surface area contributed by atoms with Gasteiger partial charge in [0, 0.05) is 35.9 Å². The standard InChI is InChI=1S/C17H30ClN3/c1-6-16(19)11-14-10-15(18)8-9-17(14)21(7-2)13(3)12-20(4)5/h8-10,13,16H,6-7,11-12,19H2,1-5H3. The van der Waals surface area contributed by atoms with Crippen molar-refractivity contribution >= 4 is 17.3 Å². The van der Waals surface area contributed by atoms with E-state index in [1.165, 1.54) is 11.3 Å². The van der Waals surface area contributed by atoms with Gasteiger partial charge in [0.2, 0.25) is 0 Å². The first-order valence-corrected chi connectivity index (χ1v) is 8.22. The van der Waals surface area contributed by atoms with E-state index in [-0.39, 0.29) is 6.04 Å². The fourth-order valence-electron chi connectivity index (χ4n) is 2.77. The van der Waals surface area contributed by atoms with Crippen molar-refractivity contribution in [1.82, 2.24) is 4.90 Å². The van der Waals surface area contributed by atoms with E-state index >= 15 is 0 Å². The van der Waals surface area contributed by atoms with Crippen LogP contribution in [0.15, 0.2) is 18.2 Å². The molecule has 2 atom stereocenters. The molecule has 0 bridgehead atoms. The van der Waals surface area contributed by atoms with Crippen LogP contribution in [0.5, 0.6) is 0 Å². The molecule has 0 aliphatic rings. The van der Waals surface area contributed by atoms with Crippen molar-refractivity contribution in [2.45, 2.75) is 45.7 Å². The Hall–Kier alpha value is -0.770. The summed E-state index contributed by atoms with van der Waals surface area (Å²) in [5, 5.41) is 0.786. The maximum absolute atomic E-state index is 6.19. The van der Waals surface area contributed by atoms with Gasteiger partial charge in [-0.2, -0.15) is 0 Å². The lowest BCUT2D eigenvalue weighted by atomic mass is 10.0. The SMILES string of the molecule is CCC(N)Cc1cc(Cl)ccc1N(CC)C(C)CN(C)C. The quantitative estimate of drug-likeness (QED) is 0.798. The second kappa shape index (κ2) is 8.62. The summed E-state index contributed by atoms with van der Waals surface area (Å²) < 4.78 is 0. The van der Waals surface area contributed by atoms with Crippen molar-refractivity contribution in [3.63, 3.8) is 0 Å². The van der Waals surface area contributed by atoms with Gasteiger partial charge in [0.1, 0.15) is 0 Å². The molecule has 21 heavy (non-hydrogen) atoms. The number of rotatable bonds is 8. The van der Waals surface area contributed by atoms with Crippen LogP contribution in [-0.2, 0) is 6.42 Å². The van der Waals surface area contributed by atoms with Crippen LogP contribution in [0.4, 0.5) is 5.69 Å². The molecule has 120 valence electrons. The zero-order valence-corrected chi connectivity index (χ0v) is 14.8. The molecule has 0 heterocycles. The molecule has 0 spiro atoms. The maximum atomic E-state index is 6.19. The molecule has 0 fully saturated rings. The summed E-state index contributed by atoms with van der Waals surface area (Å²) in [6.45, 7) is 8.59. The molecule has 1 aromatic carbocycles. The molecule has 0 saturated heterocycles. The summed E-state index contributed by atoms with van der Waals surface area (Å²) in [6, 6.07) is 6.81. The molecule has 0 aliphatic heterocycles. The van der Waals surface area contributed by atoms with Gasteiger partial charge in [-0.05, 0) is 64.5 Å². The Morgan fingerprint density at radius 1 is 1.24 bits per heavy atom. The van der Waals surface area contributed by atoms with E-state index < -0.39 is 0 Å². The van der Waals surface area contributed by atoms with E-state index in [2.05, 4.69) is 56.8 Å². The lowest BCUT2D eigenvalue weighted by Gasteiger charge is -2.34. The average molecular weight is 312 g/mol. The summed E-state index contributed by atoms with van der Waals surface area (Å²) in [5.74, 6) is 0. The number of nitrogens with two attached hydrogens (primary N) is 1. The van der Waals surface area contributed by atoms with Crippen molar-refractivity contribution in [3.8, 4) is 0 Å². The monoisotopic (exact) mass is 311 g/mol. The second-order valence-corrected chi connectivity index (χ2v) is 6.48. The van der Waals surface area contributed by atoms with Crippen molar-refractivity contribution in [3.05, 3.63) is 28.8 Å². The Bertz CT molecular complexity index is 434. The molecule has 2 N–H and O–H groups in total. The molecule has 0 aromatic heterocycles. The molecule has 3 nitrogen and oxygen atoms in total.